The largest absolute Gasteiger partial charge is 0.497 e. The van der Waals surface area contributed by atoms with Gasteiger partial charge in [0.1, 0.15) is 18.1 Å². The third kappa shape index (κ3) is 5.24. The standard InChI is InChI=1S/C20H26N2O6S2/c1-16-15-17(22-12-3-4-14-29(22,23)24)5-10-20(16)30(25,26)21-11-13-28-19-8-6-18(27-2)7-9-19/h5-10,15,21H,3-4,11-14H2,1-2H3. The van der Waals surface area contributed by atoms with E-state index in [1.807, 2.05) is 0 Å². The van der Waals surface area contributed by atoms with E-state index in [-0.39, 0.29) is 23.8 Å². The van der Waals surface area contributed by atoms with Gasteiger partial charge in [0.25, 0.3) is 0 Å². The van der Waals surface area contributed by atoms with E-state index in [0.717, 1.165) is 6.42 Å². The molecule has 0 bridgehead atoms. The Morgan fingerprint density at radius 1 is 1.07 bits per heavy atom. The van der Waals surface area contributed by atoms with Crippen molar-refractivity contribution in [2.75, 3.05) is 36.9 Å². The van der Waals surface area contributed by atoms with Gasteiger partial charge in [0.2, 0.25) is 20.0 Å². The predicted molar refractivity (Wildman–Crippen MR) is 115 cm³/mol. The van der Waals surface area contributed by atoms with E-state index in [1.54, 1.807) is 44.4 Å². The molecule has 0 aliphatic carbocycles. The molecule has 0 unspecified atom stereocenters. The lowest BCUT2D eigenvalue weighted by Crippen LogP contribution is -2.38. The third-order valence-electron chi connectivity index (χ3n) is 4.81. The van der Waals surface area contributed by atoms with Gasteiger partial charge in [0.15, 0.2) is 0 Å². The maximum absolute atomic E-state index is 12.6. The molecule has 2 aromatic carbocycles. The van der Waals surface area contributed by atoms with Crippen LogP contribution in [0.5, 0.6) is 11.5 Å². The number of nitrogens with one attached hydrogen (secondary N) is 1. The minimum Gasteiger partial charge on any atom is -0.497 e. The molecule has 8 nitrogen and oxygen atoms in total. The van der Waals surface area contributed by atoms with Gasteiger partial charge in [0, 0.05) is 13.1 Å². The summed E-state index contributed by atoms with van der Waals surface area (Å²) in [6, 6.07) is 11.6. The number of anilines is 1. The summed E-state index contributed by atoms with van der Waals surface area (Å²) in [5.74, 6) is 1.43. The summed E-state index contributed by atoms with van der Waals surface area (Å²) in [6.07, 6.45) is 1.43. The van der Waals surface area contributed by atoms with Crippen LogP contribution in [-0.4, -0.2) is 49.4 Å². The van der Waals surface area contributed by atoms with Crippen LogP contribution in [0.3, 0.4) is 0 Å². The molecule has 0 atom stereocenters. The van der Waals surface area contributed by atoms with Crippen LogP contribution in [0.25, 0.3) is 0 Å². The van der Waals surface area contributed by atoms with Gasteiger partial charge in [-0.15, -0.1) is 0 Å². The topological polar surface area (TPSA) is 102 Å². The maximum atomic E-state index is 12.6. The smallest absolute Gasteiger partial charge is 0.240 e. The molecule has 1 N–H and O–H groups in total. The molecular formula is C20H26N2O6S2. The lowest BCUT2D eigenvalue weighted by Gasteiger charge is -2.28. The first kappa shape index (κ1) is 22.4. The lowest BCUT2D eigenvalue weighted by molar-refractivity contribution is 0.322. The molecule has 0 saturated carbocycles. The number of rotatable bonds is 8. The Kier molecular flexibility index (Phi) is 6.89. The highest BCUT2D eigenvalue weighted by molar-refractivity contribution is 7.92. The Bertz CT molecular complexity index is 1080. The monoisotopic (exact) mass is 454 g/mol. The summed E-state index contributed by atoms with van der Waals surface area (Å²) in [6.45, 7) is 2.32. The van der Waals surface area contributed by atoms with Crippen LogP contribution in [0.2, 0.25) is 0 Å². The summed E-state index contributed by atoms with van der Waals surface area (Å²) in [5, 5.41) is 0. The molecule has 164 valence electrons. The zero-order valence-electron chi connectivity index (χ0n) is 17.0. The number of methoxy groups -OCH3 is 1. The van der Waals surface area contributed by atoms with Gasteiger partial charge in [-0.05, 0) is 67.8 Å². The summed E-state index contributed by atoms with van der Waals surface area (Å²) < 4.78 is 64.3. The van der Waals surface area contributed by atoms with Crippen LogP contribution >= 0.6 is 0 Å². The minimum absolute atomic E-state index is 0.0933. The second kappa shape index (κ2) is 9.23. The van der Waals surface area contributed by atoms with Crippen molar-refractivity contribution in [3.8, 4) is 11.5 Å². The summed E-state index contributed by atoms with van der Waals surface area (Å²) in [7, 11) is -5.52. The first-order valence-electron chi connectivity index (χ1n) is 9.60. The van der Waals surface area contributed by atoms with E-state index in [9.17, 15) is 16.8 Å². The third-order valence-corrected chi connectivity index (χ3v) is 8.30. The van der Waals surface area contributed by atoms with Crippen molar-refractivity contribution in [1.82, 2.24) is 4.72 Å². The summed E-state index contributed by atoms with van der Waals surface area (Å²) in [5.41, 5.74) is 0.978. The highest BCUT2D eigenvalue weighted by atomic mass is 32.2. The van der Waals surface area contributed by atoms with Crippen LogP contribution in [0.4, 0.5) is 5.69 Å². The van der Waals surface area contributed by atoms with Gasteiger partial charge < -0.3 is 9.47 Å². The molecule has 0 aromatic heterocycles. The van der Waals surface area contributed by atoms with Gasteiger partial charge in [-0.25, -0.2) is 21.6 Å². The Morgan fingerprint density at radius 3 is 2.40 bits per heavy atom. The van der Waals surface area contributed by atoms with Crippen molar-refractivity contribution in [3.05, 3.63) is 48.0 Å². The molecule has 1 aliphatic rings. The van der Waals surface area contributed by atoms with Crippen molar-refractivity contribution < 1.29 is 26.3 Å². The normalized spacial score (nSPS) is 16.3. The zero-order chi connectivity index (χ0) is 21.8. The van der Waals surface area contributed by atoms with E-state index < -0.39 is 20.0 Å². The van der Waals surface area contributed by atoms with E-state index in [1.165, 1.54) is 16.4 Å². The first-order chi connectivity index (χ1) is 14.2. The molecule has 1 fully saturated rings. The fraction of sp³-hybridized carbons (Fsp3) is 0.400. The molecule has 3 rings (SSSR count). The second-order valence-electron chi connectivity index (χ2n) is 6.97. The number of ether oxygens (including phenoxy) is 2. The molecule has 30 heavy (non-hydrogen) atoms. The van der Waals surface area contributed by atoms with Crippen molar-refractivity contribution in [2.24, 2.45) is 0 Å². The molecule has 1 aliphatic heterocycles. The van der Waals surface area contributed by atoms with Crippen LogP contribution in [0.1, 0.15) is 18.4 Å². The van der Waals surface area contributed by atoms with Crippen LogP contribution < -0.4 is 18.5 Å². The SMILES string of the molecule is COc1ccc(OCCNS(=O)(=O)c2ccc(N3CCCCS3(=O)=O)cc2C)cc1. The maximum Gasteiger partial charge on any atom is 0.240 e. The molecule has 0 spiro atoms. The molecule has 1 saturated heterocycles. The quantitative estimate of drug-likeness (QED) is 0.614. The van der Waals surface area contributed by atoms with E-state index in [0.29, 0.717) is 35.7 Å². The van der Waals surface area contributed by atoms with Crippen LogP contribution in [-0.2, 0) is 20.0 Å². The minimum atomic E-state index is -3.75. The first-order valence-corrected chi connectivity index (χ1v) is 12.7. The molecule has 10 heteroatoms. The fourth-order valence-electron chi connectivity index (χ4n) is 3.26. The van der Waals surface area contributed by atoms with Crippen molar-refractivity contribution in [3.63, 3.8) is 0 Å². The number of hydrogen-bond donors (Lipinski definition) is 1. The second-order valence-corrected chi connectivity index (χ2v) is 10.7. The average molecular weight is 455 g/mol. The molecule has 1 heterocycles. The lowest BCUT2D eigenvalue weighted by atomic mass is 10.2. The molecule has 0 amide bonds. The summed E-state index contributed by atoms with van der Waals surface area (Å²) in [4.78, 5) is 0.116. The average Bonchev–Trinajstić information content (AvgIpc) is 2.71. The van der Waals surface area contributed by atoms with Gasteiger partial charge in [0.05, 0.1) is 23.4 Å². The fourth-order valence-corrected chi connectivity index (χ4v) is 6.13. The number of benzene rings is 2. The number of aryl methyl sites for hydroxylation is 1. The highest BCUT2D eigenvalue weighted by Crippen LogP contribution is 2.27. The van der Waals surface area contributed by atoms with Crippen molar-refractivity contribution in [1.29, 1.82) is 0 Å². The van der Waals surface area contributed by atoms with Gasteiger partial charge >= 0.3 is 0 Å². The van der Waals surface area contributed by atoms with E-state index >= 15 is 0 Å². The van der Waals surface area contributed by atoms with Gasteiger partial charge in [-0.2, -0.15) is 0 Å². The Balaban J connectivity index is 1.62. The molecular weight excluding hydrogens is 428 g/mol. The predicted octanol–water partition coefficient (Wildman–Crippen LogP) is 2.29. The van der Waals surface area contributed by atoms with Crippen molar-refractivity contribution in [2.45, 2.75) is 24.7 Å². The molecule has 2 aromatic rings. The Labute approximate surface area is 177 Å². The summed E-state index contributed by atoms with van der Waals surface area (Å²) >= 11 is 0. The highest BCUT2D eigenvalue weighted by Gasteiger charge is 2.27. The number of nitrogens with zero attached hydrogens (tertiary/aromatic N) is 1. The van der Waals surface area contributed by atoms with Crippen LogP contribution in [0.15, 0.2) is 47.4 Å². The number of hydrogen-bond acceptors (Lipinski definition) is 6. The molecule has 0 radical (unpaired) electrons. The Hall–Kier alpha value is -2.30. The van der Waals surface area contributed by atoms with E-state index in [2.05, 4.69) is 4.72 Å². The van der Waals surface area contributed by atoms with Crippen LogP contribution in [0, 0.1) is 6.92 Å². The number of sulfonamides is 2. The Morgan fingerprint density at radius 2 is 1.77 bits per heavy atom. The van der Waals surface area contributed by atoms with Gasteiger partial charge in [-0.3, -0.25) is 4.31 Å². The van der Waals surface area contributed by atoms with E-state index in [4.69, 9.17) is 9.47 Å². The van der Waals surface area contributed by atoms with Gasteiger partial charge in [-0.1, -0.05) is 0 Å². The van der Waals surface area contributed by atoms with Crippen molar-refractivity contribution >= 4 is 25.7 Å². The zero-order valence-corrected chi connectivity index (χ0v) is 18.6.